The summed E-state index contributed by atoms with van der Waals surface area (Å²) in [6.07, 6.45) is 60.9. The zero-order chi connectivity index (χ0) is 46.0. The van der Waals surface area contributed by atoms with Crippen molar-refractivity contribution in [1.82, 2.24) is 15.1 Å². The lowest BCUT2D eigenvalue weighted by Gasteiger charge is -2.28. The molecule has 0 aromatic rings. The standard InChI is InChI=1S/C42H88N2O.C16H35NO/c1-4-7-10-13-16-19-22-25-28-31-36-43(37-32-29-26-23-20-17-14-11-8-5-2)40-41-44(39-34-35-42-45)38-33-30-27-24-21-18-15-12-9-6-3;1-2-3-4-5-6-7-8-9-10-11-14-17-15-12-13-16-18/h45H,4-42H2,1-3H3;17-18H,2-16H2,1H3. The van der Waals surface area contributed by atoms with Gasteiger partial charge in [-0.3, -0.25) is 0 Å². The molecule has 0 saturated heterocycles. The zero-order valence-electron chi connectivity index (χ0n) is 44.5. The summed E-state index contributed by atoms with van der Waals surface area (Å²) >= 11 is 0. The molecule has 0 spiro atoms. The van der Waals surface area contributed by atoms with E-state index in [1.807, 2.05) is 0 Å². The number of nitrogens with one attached hydrogen (secondary N) is 1. The van der Waals surface area contributed by atoms with Crippen molar-refractivity contribution < 1.29 is 10.2 Å². The predicted octanol–water partition coefficient (Wildman–Crippen LogP) is 17.4. The molecule has 0 aromatic carbocycles. The highest BCUT2D eigenvalue weighted by Crippen LogP contribution is 2.15. The summed E-state index contributed by atoms with van der Waals surface area (Å²) in [6, 6.07) is 0. The van der Waals surface area contributed by atoms with E-state index in [0.29, 0.717) is 13.2 Å². The lowest BCUT2D eigenvalue weighted by molar-refractivity contribution is 0.188. The molecule has 0 aliphatic carbocycles. The summed E-state index contributed by atoms with van der Waals surface area (Å²) < 4.78 is 0. The van der Waals surface area contributed by atoms with E-state index in [9.17, 15) is 5.11 Å². The fourth-order valence-corrected chi connectivity index (χ4v) is 9.09. The quantitative estimate of drug-likeness (QED) is 0.0531. The van der Waals surface area contributed by atoms with Crippen molar-refractivity contribution in [3.63, 3.8) is 0 Å². The molecule has 0 amide bonds. The van der Waals surface area contributed by atoms with E-state index in [0.717, 1.165) is 38.8 Å². The average Bonchev–Trinajstić information content (AvgIpc) is 3.29. The van der Waals surface area contributed by atoms with Crippen molar-refractivity contribution in [2.75, 3.05) is 65.6 Å². The maximum atomic E-state index is 9.38. The van der Waals surface area contributed by atoms with E-state index in [4.69, 9.17) is 5.11 Å². The number of nitrogens with zero attached hydrogens (tertiary/aromatic N) is 2. The Morgan fingerprint density at radius 3 is 0.667 bits per heavy atom. The molecular formula is C58H123N3O2. The first-order valence-electron chi connectivity index (χ1n) is 29.6. The van der Waals surface area contributed by atoms with Gasteiger partial charge in [0.15, 0.2) is 0 Å². The Hall–Kier alpha value is -0.200. The van der Waals surface area contributed by atoms with Gasteiger partial charge in [-0.2, -0.15) is 0 Å². The molecule has 0 aliphatic rings. The predicted molar refractivity (Wildman–Crippen MR) is 286 cm³/mol. The number of hydrogen-bond acceptors (Lipinski definition) is 5. The molecule has 0 bridgehead atoms. The summed E-state index contributed by atoms with van der Waals surface area (Å²) in [5.41, 5.74) is 0. The van der Waals surface area contributed by atoms with Crippen molar-refractivity contribution in [2.24, 2.45) is 0 Å². The molecule has 5 nitrogen and oxygen atoms in total. The van der Waals surface area contributed by atoms with Gasteiger partial charge < -0.3 is 25.3 Å². The van der Waals surface area contributed by atoms with Crippen molar-refractivity contribution in [2.45, 2.75) is 310 Å². The van der Waals surface area contributed by atoms with Gasteiger partial charge in [0, 0.05) is 26.3 Å². The van der Waals surface area contributed by atoms with Gasteiger partial charge in [-0.15, -0.1) is 0 Å². The number of rotatable bonds is 55. The Bertz CT molecular complexity index is 714. The van der Waals surface area contributed by atoms with Gasteiger partial charge in [-0.05, 0) is 90.6 Å². The first kappa shape index (κ1) is 64.9. The minimum atomic E-state index is 0.333. The van der Waals surface area contributed by atoms with Gasteiger partial charge in [0.1, 0.15) is 0 Å². The summed E-state index contributed by atoms with van der Waals surface area (Å²) in [7, 11) is 0. The fourth-order valence-electron chi connectivity index (χ4n) is 9.09. The van der Waals surface area contributed by atoms with Crippen LogP contribution in [-0.2, 0) is 0 Å². The van der Waals surface area contributed by atoms with Crippen LogP contribution in [0.1, 0.15) is 310 Å². The Labute approximate surface area is 399 Å². The van der Waals surface area contributed by atoms with E-state index in [1.165, 1.54) is 296 Å². The molecular weight excluding hydrogens is 771 g/mol. The second-order valence-corrected chi connectivity index (χ2v) is 20.0. The van der Waals surface area contributed by atoms with Gasteiger partial charge in [0.2, 0.25) is 0 Å². The molecule has 0 heterocycles. The molecule has 0 unspecified atom stereocenters. The maximum Gasteiger partial charge on any atom is 0.0431 e. The minimum absolute atomic E-state index is 0.333. The van der Waals surface area contributed by atoms with Crippen LogP contribution in [0.15, 0.2) is 0 Å². The average molecular weight is 895 g/mol. The van der Waals surface area contributed by atoms with Gasteiger partial charge in [0.25, 0.3) is 0 Å². The van der Waals surface area contributed by atoms with E-state index in [1.54, 1.807) is 0 Å². The molecule has 0 rings (SSSR count). The molecule has 3 N–H and O–H groups in total. The number of aliphatic hydroxyl groups is 2. The SMILES string of the molecule is CCCCCCCCCCCCN(CCCCO)CCN(CCCCCCCCCCCC)CCCCCCCCCCCC.CCCCCCCCCCCCNCCCCO. The third kappa shape index (κ3) is 59.8. The summed E-state index contributed by atoms with van der Waals surface area (Å²) in [5.74, 6) is 0. The third-order valence-corrected chi connectivity index (χ3v) is 13.6. The van der Waals surface area contributed by atoms with E-state index in [-0.39, 0.29) is 0 Å². The molecule has 0 aromatic heterocycles. The number of hydrogen-bond donors (Lipinski definition) is 3. The molecule has 0 atom stereocenters. The van der Waals surface area contributed by atoms with Crippen LogP contribution >= 0.6 is 0 Å². The van der Waals surface area contributed by atoms with Crippen molar-refractivity contribution in [3.05, 3.63) is 0 Å². The highest BCUT2D eigenvalue weighted by Gasteiger charge is 2.10. The van der Waals surface area contributed by atoms with Gasteiger partial charge in [0.05, 0.1) is 0 Å². The van der Waals surface area contributed by atoms with Crippen LogP contribution in [0.3, 0.4) is 0 Å². The second kappa shape index (κ2) is 61.8. The Morgan fingerprint density at radius 1 is 0.222 bits per heavy atom. The maximum absolute atomic E-state index is 9.38. The molecule has 0 fully saturated rings. The monoisotopic (exact) mass is 894 g/mol. The molecule has 382 valence electrons. The Kier molecular flexibility index (Phi) is 63.6. The van der Waals surface area contributed by atoms with Crippen molar-refractivity contribution >= 4 is 0 Å². The molecule has 0 aliphatic heterocycles. The first-order chi connectivity index (χ1) is 31.2. The fraction of sp³-hybridized carbons (Fsp3) is 1.00. The third-order valence-electron chi connectivity index (χ3n) is 13.6. The van der Waals surface area contributed by atoms with Gasteiger partial charge in [-0.1, -0.05) is 259 Å². The van der Waals surface area contributed by atoms with Crippen LogP contribution < -0.4 is 5.32 Å². The number of aliphatic hydroxyl groups excluding tert-OH is 2. The van der Waals surface area contributed by atoms with E-state index < -0.39 is 0 Å². The van der Waals surface area contributed by atoms with Crippen LogP contribution in [0.4, 0.5) is 0 Å². The molecule has 63 heavy (non-hydrogen) atoms. The molecule has 0 saturated carbocycles. The molecule has 5 heteroatoms. The lowest BCUT2D eigenvalue weighted by atomic mass is 10.1. The van der Waals surface area contributed by atoms with E-state index >= 15 is 0 Å². The van der Waals surface area contributed by atoms with Crippen LogP contribution in [0.2, 0.25) is 0 Å². The largest absolute Gasteiger partial charge is 0.396 e. The Balaban J connectivity index is 0. The highest BCUT2D eigenvalue weighted by atomic mass is 16.3. The highest BCUT2D eigenvalue weighted by molar-refractivity contribution is 4.66. The number of unbranched alkanes of at least 4 members (excludes halogenated alkanes) is 38. The second-order valence-electron chi connectivity index (χ2n) is 20.0. The van der Waals surface area contributed by atoms with Crippen LogP contribution in [0.25, 0.3) is 0 Å². The summed E-state index contributed by atoms with van der Waals surface area (Å²) in [5, 5.41) is 21.4. The smallest absolute Gasteiger partial charge is 0.0431 e. The topological polar surface area (TPSA) is 59.0 Å². The minimum Gasteiger partial charge on any atom is -0.396 e. The lowest BCUT2D eigenvalue weighted by Crippen LogP contribution is -2.37. The van der Waals surface area contributed by atoms with Crippen molar-refractivity contribution in [1.29, 1.82) is 0 Å². The first-order valence-corrected chi connectivity index (χ1v) is 29.6. The van der Waals surface area contributed by atoms with Gasteiger partial charge >= 0.3 is 0 Å². The van der Waals surface area contributed by atoms with E-state index in [2.05, 4.69) is 42.8 Å². The van der Waals surface area contributed by atoms with Crippen LogP contribution in [-0.4, -0.2) is 85.6 Å². The molecule has 0 radical (unpaired) electrons. The van der Waals surface area contributed by atoms with Crippen LogP contribution in [0.5, 0.6) is 0 Å². The Morgan fingerprint density at radius 2 is 0.413 bits per heavy atom. The van der Waals surface area contributed by atoms with Crippen LogP contribution in [0, 0.1) is 0 Å². The van der Waals surface area contributed by atoms with Gasteiger partial charge in [-0.25, -0.2) is 0 Å². The zero-order valence-corrected chi connectivity index (χ0v) is 44.5. The summed E-state index contributed by atoms with van der Waals surface area (Å²) in [4.78, 5) is 5.57. The normalized spacial score (nSPS) is 11.6. The van der Waals surface area contributed by atoms with Crippen molar-refractivity contribution in [3.8, 4) is 0 Å². The summed E-state index contributed by atoms with van der Waals surface area (Å²) in [6.45, 7) is 19.6.